The molecule has 2 aromatic carbocycles. The zero-order chi connectivity index (χ0) is 16.1. The summed E-state index contributed by atoms with van der Waals surface area (Å²) in [7, 11) is 0. The summed E-state index contributed by atoms with van der Waals surface area (Å²) < 4.78 is 0. The van der Waals surface area contributed by atoms with Crippen LogP contribution in [0.2, 0.25) is 0 Å². The Morgan fingerprint density at radius 3 is 2.50 bits per heavy atom. The molecule has 0 aromatic heterocycles. The molecule has 3 rings (SSSR count). The van der Waals surface area contributed by atoms with Crippen molar-refractivity contribution in [2.24, 2.45) is 0 Å². The maximum atomic E-state index is 4.21. The Morgan fingerprint density at radius 2 is 1.82 bits per heavy atom. The van der Waals surface area contributed by atoms with E-state index in [0.717, 1.165) is 6.42 Å². The molecule has 0 radical (unpaired) electrons. The predicted octanol–water partition coefficient (Wildman–Crippen LogP) is 6.81. The number of aryl methyl sites for hydroxylation is 2. The van der Waals surface area contributed by atoms with Crippen LogP contribution in [0.15, 0.2) is 36.9 Å². The first-order valence-electron chi connectivity index (χ1n) is 8.62. The highest BCUT2D eigenvalue weighted by atomic mass is 14.2. The Morgan fingerprint density at radius 1 is 1.09 bits per heavy atom. The van der Waals surface area contributed by atoms with Crippen molar-refractivity contribution in [2.75, 3.05) is 0 Å². The van der Waals surface area contributed by atoms with Crippen molar-refractivity contribution in [2.45, 2.75) is 53.4 Å². The van der Waals surface area contributed by atoms with Crippen LogP contribution >= 0.6 is 0 Å². The fourth-order valence-corrected chi connectivity index (χ4v) is 3.36. The van der Waals surface area contributed by atoms with Gasteiger partial charge in [-0.3, -0.25) is 0 Å². The zero-order valence-corrected chi connectivity index (χ0v) is 14.5. The van der Waals surface area contributed by atoms with E-state index in [2.05, 4.69) is 56.8 Å². The highest BCUT2D eigenvalue weighted by Gasteiger charge is 2.13. The molecule has 2 aromatic rings. The largest absolute Gasteiger partial charge is 0.0955 e. The molecule has 0 heterocycles. The quantitative estimate of drug-likeness (QED) is 0.583. The Kier molecular flexibility index (Phi) is 5.60. The van der Waals surface area contributed by atoms with Gasteiger partial charge < -0.3 is 0 Å². The summed E-state index contributed by atoms with van der Waals surface area (Å²) in [6.07, 6.45) is 9.23. The van der Waals surface area contributed by atoms with E-state index in [1.165, 1.54) is 57.9 Å². The van der Waals surface area contributed by atoms with E-state index in [1.54, 1.807) is 0 Å². The van der Waals surface area contributed by atoms with Crippen LogP contribution in [-0.4, -0.2) is 0 Å². The Labute approximate surface area is 135 Å². The second kappa shape index (κ2) is 7.45. The van der Waals surface area contributed by atoms with Crippen molar-refractivity contribution in [3.05, 3.63) is 59.2 Å². The minimum atomic E-state index is 1.13. The fraction of sp³-hybridized carbons (Fsp3) is 0.364. The van der Waals surface area contributed by atoms with Crippen molar-refractivity contribution in [3.8, 4) is 0 Å². The van der Waals surface area contributed by atoms with Crippen LogP contribution in [0.1, 0.15) is 62.8 Å². The molecule has 0 spiro atoms. The molecule has 0 saturated carbocycles. The molecule has 0 fully saturated rings. The van der Waals surface area contributed by atoms with Gasteiger partial charge in [-0.2, -0.15) is 0 Å². The van der Waals surface area contributed by atoms with Gasteiger partial charge in [-0.05, 0) is 59.2 Å². The lowest BCUT2D eigenvalue weighted by Crippen LogP contribution is -1.98. The molecule has 1 aliphatic rings. The molecule has 0 aliphatic heterocycles. The van der Waals surface area contributed by atoms with E-state index < -0.39 is 0 Å². The molecule has 22 heavy (non-hydrogen) atoms. The Hall–Kier alpha value is -1.82. The topological polar surface area (TPSA) is 0 Å². The molecule has 0 N–H and O–H groups in total. The maximum Gasteiger partial charge on any atom is -0.01000 e. The molecule has 0 atom stereocenters. The molecular weight excluding hydrogens is 264 g/mol. The van der Waals surface area contributed by atoms with Crippen LogP contribution in [0.3, 0.4) is 0 Å². The van der Waals surface area contributed by atoms with Crippen LogP contribution in [-0.2, 0) is 12.8 Å². The fourth-order valence-electron chi connectivity index (χ4n) is 3.36. The van der Waals surface area contributed by atoms with E-state index in [4.69, 9.17) is 0 Å². The molecule has 116 valence electrons. The van der Waals surface area contributed by atoms with Gasteiger partial charge in [-0.15, -0.1) is 0 Å². The van der Waals surface area contributed by atoms with E-state index in [9.17, 15) is 0 Å². The number of fused-ring (bicyclic) bond motifs is 3. The van der Waals surface area contributed by atoms with Crippen LogP contribution in [0.25, 0.3) is 22.4 Å². The van der Waals surface area contributed by atoms with E-state index >= 15 is 0 Å². The van der Waals surface area contributed by atoms with Crippen molar-refractivity contribution in [1.82, 2.24) is 0 Å². The Bertz CT molecular complexity index is 702. The first-order chi connectivity index (χ1) is 10.7. The number of hydrogen-bond donors (Lipinski definition) is 0. The van der Waals surface area contributed by atoms with Gasteiger partial charge in [0.25, 0.3) is 0 Å². The Balaban J connectivity index is 0.000000847. The summed E-state index contributed by atoms with van der Waals surface area (Å²) in [5.74, 6) is 0. The molecule has 0 heteroatoms. The highest BCUT2D eigenvalue weighted by molar-refractivity contribution is 6.00. The van der Waals surface area contributed by atoms with Crippen LogP contribution in [0.4, 0.5) is 0 Å². The lowest BCUT2D eigenvalue weighted by Gasteiger charge is -2.18. The van der Waals surface area contributed by atoms with Gasteiger partial charge in [0.2, 0.25) is 0 Å². The highest BCUT2D eigenvalue weighted by Crippen LogP contribution is 2.34. The van der Waals surface area contributed by atoms with Gasteiger partial charge in [0.05, 0.1) is 0 Å². The minimum Gasteiger partial charge on any atom is -0.0955 e. The normalized spacial score (nSPS) is 12.5. The SMILES string of the molecule is C=C(C)c1c(CCC)ccc2c3c(ccc12)CCC=C3.CC. The molecule has 0 unspecified atom stereocenters. The van der Waals surface area contributed by atoms with Gasteiger partial charge in [-0.25, -0.2) is 0 Å². The standard InChI is InChI=1S/C20H22.C2H6/c1-4-7-16-11-12-18-17-9-6-5-8-15(17)10-13-19(18)20(16)14(2)3;1-2/h6,9-13H,2,4-5,7-8H2,1,3H3;1-2H3. The molecule has 0 nitrogen and oxygen atoms in total. The summed E-state index contributed by atoms with van der Waals surface area (Å²) in [6.45, 7) is 12.6. The molecule has 0 bridgehead atoms. The summed E-state index contributed by atoms with van der Waals surface area (Å²) >= 11 is 0. The second-order valence-electron chi connectivity index (χ2n) is 5.80. The van der Waals surface area contributed by atoms with Gasteiger partial charge in [-0.1, -0.05) is 75.8 Å². The van der Waals surface area contributed by atoms with Crippen molar-refractivity contribution >= 4 is 22.4 Å². The second-order valence-corrected chi connectivity index (χ2v) is 5.80. The van der Waals surface area contributed by atoms with Crippen molar-refractivity contribution < 1.29 is 0 Å². The van der Waals surface area contributed by atoms with E-state index in [-0.39, 0.29) is 0 Å². The van der Waals surface area contributed by atoms with E-state index in [0.29, 0.717) is 0 Å². The third-order valence-corrected chi connectivity index (χ3v) is 4.23. The van der Waals surface area contributed by atoms with Gasteiger partial charge >= 0.3 is 0 Å². The molecule has 1 aliphatic carbocycles. The number of hydrogen-bond acceptors (Lipinski definition) is 0. The number of benzene rings is 2. The van der Waals surface area contributed by atoms with Crippen LogP contribution in [0.5, 0.6) is 0 Å². The molecule has 0 saturated heterocycles. The lowest BCUT2D eigenvalue weighted by molar-refractivity contribution is 0.920. The van der Waals surface area contributed by atoms with Crippen LogP contribution in [0, 0.1) is 0 Å². The minimum absolute atomic E-state index is 1.13. The summed E-state index contributed by atoms with van der Waals surface area (Å²) in [5.41, 5.74) is 6.88. The van der Waals surface area contributed by atoms with Crippen molar-refractivity contribution in [3.63, 3.8) is 0 Å². The van der Waals surface area contributed by atoms with Gasteiger partial charge in [0.15, 0.2) is 0 Å². The summed E-state index contributed by atoms with van der Waals surface area (Å²) in [5, 5.41) is 2.75. The maximum absolute atomic E-state index is 4.21. The van der Waals surface area contributed by atoms with E-state index in [1.807, 2.05) is 13.8 Å². The van der Waals surface area contributed by atoms with Gasteiger partial charge in [0, 0.05) is 0 Å². The first-order valence-corrected chi connectivity index (χ1v) is 8.62. The predicted molar refractivity (Wildman–Crippen MR) is 101 cm³/mol. The van der Waals surface area contributed by atoms with Crippen LogP contribution < -0.4 is 0 Å². The van der Waals surface area contributed by atoms with Crippen molar-refractivity contribution in [1.29, 1.82) is 0 Å². The first kappa shape index (κ1) is 16.5. The summed E-state index contributed by atoms with van der Waals surface area (Å²) in [4.78, 5) is 0. The molecule has 0 amide bonds. The average molecular weight is 292 g/mol. The molecular formula is C22H28. The lowest BCUT2D eigenvalue weighted by atomic mass is 9.87. The smallest absolute Gasteiger partial charge is 0.01000 e. The number of rotatable bonds is 3. The third kappa shape index (κ3) is 3.02. The third-order valence-electron chi connectivity index (χ3n) is 4.23. The zero-order valence-electron chi connectivity index (χ0n) is 14.5. The average Bonchev–Trinajstić information content (AvgIpc) is 2.56. The van der Waals surface area contributed by atoms with Gasteiger partial charge in [0.1, 0.15) is 0 Å². The summed E-state index contributed by atoms with van der Waals surface area (Å²) in [6, 6.07) is 9.22. The monoisotopic (exact) mass is 292 g/mol. The number of allylic oxidation sites excluding steroid dienone is 2.